The lowest BCUT2D eigenvalue weighted by Gasteiger charge is -2.01. The summed E-state index contributed by atoms with van der Waals surface area (Å²) in [5, 5.41) is 7.13. The van der Waals surface area contributed by atoms with Gasteiger partial charge >= 0.3 is 0 Å². The molecule has 1 saturated carbocycles. The van der Waals surface area contributed by atoms with Crippen molar-refractivity contribution >= 4 is 17.2 Å². The fraction of sp³-hybridized carbons (Fsp3) is 0.636. The van der Waals surface area contributed by atoms with Crippen molar-refractivity contribution in [3.05, 3.63) is 16.1 Å². The lowest BCUT2D eigenvalue weighted by molar-refractivity contribution is -0.120. The van der Waals surface area contributed by atoms with Crippen molar-refractivity contribution in [2.24, 2.45) is 0 Å². The molecule has 1 aliphatic carbocycles. The Hall–Kier alpha value is -0.940. The molecular formula is C11H17N3OS. The van der Waals surface area contributed by atoms with Crippen LogP contribution in [0.1, 0.15) is 35.1 Å². The highest BCUT2D eigenvalue weighted by atomic mass is 32.1. The van der Waals surface area contributed by atoms with E-state index < -0.39 is 0 Å². The van der Waals surface area contributed by atoms with E-state index in [1.807, 2.05) is 6.20 Å². The van der Waals surface area contributed by atoms with Crippen LogP contribution in [0, 0.1) is 0 Å². The van der Waals surface area contributed by atoms with Gasteiger partial charge in [0.15, 0.2) is 0 Å². The van der Waals surface area contributed by atoms with Crippen LogP contribution in [0.3, 0.4) is 0 Å². The van der Waals surface area contributed by atoms with Crippen molar-refractivity contribution in [3.8, 4) is 0 Å². The van der Waals surface area contributed by atoms with Gasteiger partial charge in [-0.05, 0) is 12.8 Å². The second-order valence-electron chi connectivity index (χ2n) is 4.04. The molecule has 4 nitrogen and oxygen atoms in total. The molecule has 2 N–H and O–H groups in total. The number of aromatic nitrogens is 1. The lowest BCUT2D eigenvalue weighted by Crippen LogP contribution is -2.24. The Morgan fingerprint density at radius 1 is 1.62 bits per heavy atom. The van der Waals surface area contributed by atoms with Crippen LogP contribution in [0.15, 0.2) is 6.20 Å². The number of hydrogen-bond acceptors (Lipinski definition) is 4. The van der Waals surface area contributed by atoms with Crippen LogP contribution >= 0.6 is 11.3 Å². The molecular weight excluding hydrogens is 222 g/mol. The van der Waals surface area contributed by atoms with Crippen molar-refractivity contribution in [3.63, 3.8) is 0 Å². The first-order valence-electron chi connectivity index (χ1n) is 5.65. The fourth-order valence-electron chi connectivity index (χ4n) is 1.46. The summed E-state index contributed by atoms with van der Waals surface area (Å²) in [6, 6.07) is 0. The Morgan fingerprint density at radius 3 is 3.12 bits per heavy atom. The standard InChI is InChI=1S/C11H17N3OS/c1-12-10(15)4-5-13-6-9-7-14-11(16-9)8-2-3-8/h7-8,13H,2-6H2,1H3,(H,12,15). The Labute approximate surface area is 99.5 Å². The molecule has 1 fully saturated rings. The van der Waals surface area contributed by atoms with Crippen LogP contribution in [0.25, 0.3) is 0 Å². The van der Waals surface area contributed by atoms with Crippen molar-refractivity contribution in [1.82, 2.24) is 15.6 Å². The minimum atomic E-state index is 0.0791. The highest BCUT2D eigenvalue weighted by molar-refractivity contribution is 7.11. The molecule has 1 amide bonds. The summed E-state index contributed by atoms with van der Waals surface area (Å²) in [5.74, 6) is 0.820. The summed E-state index contributed by atoms with van der Waals surface area (Å²) in [4.78, 5) is 16.6. The fourth-order valence-corrected chi connectivity index (χ4v) is 2.52. The van der Waals surface area contributed by atoms with Gasteiger partial charge in [-0.15, -0.1) is 11.3 Å². The van der Waals surface area contributed by atoms with Gasteiger partial charge in [0, 0.05) is 43.5 Å². The van der Waals surface area contributed by atoms with E-state index in [-0.39, 0.29) is 5.91 Å². The monoisotopic (exact) mass is 239 g/mol. The number of carbonyl (C=O) groups excluding carboxylic acids is 1. The SMILES string of the molecule is CNC(=O)CCNCc1cnc(C2CC2)s1. The molecule has 0 spiro atoms. The average molecular weight is 239 g/mol. The number of rotatable bonds is 6. The zero-order valence-corrected chi connectivity index (χ0v) is 10.3. The van der Waals surface area contributed by atoms with E-state index in [1.54, 1.807) is 18.4 Å². The van der Waals surface area contributed by atoms with Gasteiger partial charge in [-0.3, -0.25) is 4.79 Å². The van der Waals surface area contributed by atoms with Crippen molar-refractivity contribution < 1.29 is 4.79 Å². The number of hydrogen-bond donors (Lipinski definition) is 2. The predicted octanol–water partition coefficient (Wildman–Crippen LogP) is 1.25. The van der Waals surface area contributed by atoms with Crippen LogP contribution in [0.5, 0.6) is 0 Å². The quantitative estimate of drug-likeness (QED) is 0.735. The number of nitrogens with one attached hydrogen (secondary N) is 2. The zero-order chi connectivity index (χ0) is 11.4. The molecule has 2 rings (SSSR count). The van der Waals surface area contributed by atoms with Gasteiger partial charge in [-0.1, -0.05) is 0 Å². The van der Waals surface area contributed by atoms with E-state index in [4.69, 9.17) is 0 Å². The van der Waals surface area contributed by atoms with Crippen LogP contribution in [-0.4, -0.2) is 24.5 Å². The summed E-state index contributed by atoms with van der Waals surface area (Å²) in [6.07, 6.45) is 5.09. The van der Waals surface area contributed by atoms with Crippen LogP contribution in [0.2, 0.25) is 0 Å². The Morgan fingerprint density at radius 2 is 2.44 bits per heavy atom. The molecule has 1 aliphatic rings. The van der Waals surface area contributed by atoms with E-state index >= 15 is 0 Å². The third-order valence-electron chi connectivity index (χ3n) is 2.60. The molecule has 1 aromatic heterocycles. The molecule has 0 atom stereocenters. The van der Waals surface area contributed by atoms with Gasteiger partial charge in [0.05, 0.1) is 5.01 Å². The van der Waals surface area contributed by atoms with E-state index in [2.05, 4.69) is 15.6 Å². The second kappa shape index (κ2) is 5.41. The van der Waals surface area contributed by atoms with Crippen LogP contribution in [0.4, 0.5) is 0 Å². The van der Waals surface area contributed by atoms with Crippen LogP contribution < -0.4 is 10.6 Å². The topological polar surface area (TPSA) is 54.0 Å². The van der Waals surface area contributed by atoms with Gasteiger partial charge in [-0.25, -0.2) is 4.98 Å². The molecule has 0 bridgehead atoms. The van der Waals surface area contributed by atoms with Crippen LogP contribution in [-0.2, 0) is 11.3 Å². The van der Waals surface area contributed by atoms with E-state index in [0.717, 1.165) is 19.0 Å². The van der Waals surface area contributed by atoms with Gasteiger partial charge in [0.2, 0.25) is 5.91 Å². The van der Waals surface area contributed by atoms with E-state index in [9.17, 15) is 4.79 Å². The summed E-state index contributed by atoms with van der Waals surface area (Å²) >= 11 is 1.79. The zero-order valence-electron chi connectivity index (χ0n) is 9.45. The normalized spacial score (nSPS) is 15.1. The predicted molar refractivity (Wildman–Crippen MR) is 64.5 cm³/mol. The molecule has 0 radical (unpaired) electrons. The summed E-state index contributed by atoms with van der Waals surface area (Å²) < 4.78 is 0. The molecule has 0 saturated heterocycles. The van der Waals surface area contributed by atoms with Gasteiger partial charge < -0.3 is 10.6 Å². The Balaban J connectivity index is 1.66. The van der Waals surface area contributed by atoms with Gasteiger partial charge in [-0.2, -0.15) is 0 Å². The van der Waals surface area contributed by atoms with Gasteiger partial charge in [0.1, 0.15) is 0 Å². The highest BCUT2D eigenvalue weighted by Gasteiger charge is 2.26. The maximum atomic E-state index is 11.0. The number of nitrogens with zero attached hydrogens (tertiary/aromatic N) is 1. The minimum absolute atomic E-state index is 0.0791. The third-order valence-corrected chi connectivity index (χ3v) is 3.76. The lowest BCUT2D eigenvalue weighted by atomic mass is 10.4. The first-order chi connectivity index (χ1) is 7.79. The molecule has 1 aromatic rings. The average Bonchev–Trinajstić information content (AvgIpc) is 3.05. The maximum Gasteiger partial charge on any atom is 0.221 e. The number of thiazole rings is 1. The van der Waals surface area contributed by atoms with Gasteiger partial charge in [0.25, 0.3) is 0 Å². The molecule has 88 valence electrons. The van der Waals surface area contributed by atoms with E-state index in [0.29, 0.717) is 6.42 Å². The maximum absolute atomic E-state index is 11.0. The first kappa shape index (κ1) is 11.5. The largest absolute Gasteiger partial charge is 0.359 e. The molecule has 1 heterocycles. The molecule has 0 unspecified atom stereocenters. The number of amides is 1. The molecule has 0 aromatic carbocycles. The third kappa shape index (κ3) is 3.28. The van der Waals surface area contributed by atoms with Crippen molar-refractivity contribution in [2.45, 2.75) is 31.7 Å². The molecule has 0 aliphatic heterocycles. The first-order valence-corrected chi connectivity index (χ1v) is 6.47. The summed E-state index contributed by atoms with van der Waals surface area (Å²) in [7, 11) is 1.66. The Kier molecular flexibility index (Phi) is 3.90. The molecule has 5 heteroatoms. The Bertz CT molecular complexity index is 360. The molecule has 16 heavy (non-hydrogen) atoms. The summed E-state index contributed by atoms with van der Waals surface area (Å²) in [5.41, 5.74) is 0. The number of carbonyl (C=O) groups is 1. The van der Waals surface area contributed by atoms with E-state index in [1.165, 1.54) is 22.7 Å². The van der Waals surface area contributed by atoms with Crippen molar-refractivity contribution in [1.29, 1.82) is 0 Å². The summed E-state index contributed by atoms with van der Waals surface area (Å²) in [6.45, 7) is 1.54. The smallest absolute Gasteiger partial charge is 0.221 e. The second-order valence-corrected chi connectivity index (χ2v) is 5.19. The minimum Gasteiger partial charge on any atom is -0.359 e. The van der Waals surface area contributed by atoms with Crippen molar-refractivity contribution in [2.75, 3.05) is 13.6 Å². The highest BCUT2D eigenvalue weighted by Crippen LogP contribution is 2.41.